The van der Waals surface area contributed by atoms with Crippen molar-refractivity contribution in [2.75, 3.05) is 0 Å². The zero-order valence-corrected chi connectivity index (χ0v) is 12.1. The number of hydrogen-bond donors (Lipinski definition) is 2. The van der Waals surface area contributed by atoms with Gasteiger partial charge < -0.3 is 5.11 Å². The minimum atomic E-state index is -0.186. The third-order valence-corrected chi connectivity index (χ3v) is 3.66. The number of hydrogen-bond acceptors (Lipinski definition) is 4. The first-order valence-electron chi connectivity index (χ1n) is 6.87. The van der Waals surface area contributed by atoms with E-state index in [2.05, 4.69) is 15.2 Å². The van der Waals surface area contributed by atoms with Crippen molar-refractivity contribution in [3.05, 3.63) is 35.7 Å². The molecule has 108 valence electrons. The molecule has 2 aromatic rings. The van der Waals surface area contributed by atoms with E-state index < -0.39 is 0 Å². The second-order valence-electron chi connectivity index (χ2n) is 6.20. The SMILES string of the molecule is CC1(C)CC(=O)C(C=Nc2ccc3[nH]ncc3c2)=C(O)C1. The predicted octanol–water partition coefficient (Wildman–Crippen LogP) is 3.47. The van der Waals surface area contributed by atoms with Gasteiger partial charge in [0.2, 0.25) is 0 Å². The lowest BCUT2D eigenvalue weighted by Crippen LogP contribution is -2.26. The van der Waals surface area contributed by atoms with E-state index in [4.69, 9.17) is 0 Å². The van der Waals surface area contributed by atoms with Crippen LogP contribution in [0.3, 0.4) is 0 Å². The van der Waals surface area contributed by atoms with Gasteiger partial charge in [0, 0.05) is 24.4 Å². The van der Waals surface area contributed by atoms with Crippen LogP contribution in [0.25, 0.3) is 10.9 Å². The summed E-state index contributed by atoms with van der Waals surface area (Å²) in [5.41, 5.74) is 1.80. The number of allylic oxidation sites excluding steroid dienone is 2. The average molecular weight is 283 g/mol. The summed E-state index contributed by atoms with van der Waals surface area (Å²) in [6.45, 7) is 3.95. The van der Waals surface area contributed by atoms with Gasteiger partial charge in [0.25, 0.3) is 0 Å². The molecule has 0 aliphatic heterocycles. The van der Waals surface area contributed by atoms with Crippen molar-refractivity contribution in [1.29, 1.82) is 0 Å². The molecule has 3 rings (SSSR count). The summed E-state index contributed by atoms with van der Waals surface area (Å²) in [6.07, 6.45) is 4.12. The molecule has 1 aliphatic rings. The van der Waals surface area contributed by atoms with Gasteiger partial charge in [0.1, 0.15) is 5.76 Å². The molecule has 0 saturated carbocycles. The molecule has 1 heterocycles. The quantitative estimate of drug-likeness (QED) is 0.828. The Hall–Kier alpha value is -2.43. The lowest BCUT2D eigenvalue weighted by atomic mass is 9.77. The predicted molar refractivity (Wildman–Crippen MR) is 81.9 cm³/mol. The van der Waals surface area contributed by atoms with E-state index in [1.807, 2.05) is 32.0 Å². The zero-order chi connectivity index (χ0) is 15.0. The molecule has 0 radical (unpaired) electrons. The maximum absolute atomic E-state index is 12.1. The molecule has 0 bridgehead atoms. The molecule has 0 spiro atoms. The van der Waals surface area contributed by atoms with Crippen molar-refractivity contribution >= 4 is 28.6 Å². The molecule has 5 heteroatoms. The zero-order valence-electron chi connectivity index (χ0n) is 12.1. The number of Topliss-reactive ketones (excluding diaryl/α,β-unsaturated/α-hetero) is 1. The molecule has 1 aromatic carbocycles. The number of aromatic nitrogens is 2. The number of carbonyl (C=O) groups excluding carboxylic acids is 1. The van der Waals surface area contributed by atoms with Crippen LogP contribution in [0.5, 0.6) is 0 Å². The van der Waals surface area contributed by atoms with Crippen molar-refractivity contribution in [3.8, 4) is 0 Å². The van der Waals surface area contributed by atoms with Crippen LogP contribution >= 0.6 is 0 Å². The van der Waals surface area contributed by atoms with Crippen LogP contribution in [0, 0.1) is 5.41 Å². The smallest absolute Gasteiger partial charge is 0.168 e. The standard InChI is InChI=1S/C16H17N3O2/c1-16(2)6-14(20)12(15(21)7-16)9-17-11-3-4-13-10(5-11)8-18-19-13/h3-5,8-9,20H,6-7H2,1-2H3,(H,18,19). The summed E-state index contributed by atoms with van der Waals surface area (Å²) in [4.78, 5) is 16.4. The van der Waals surface area contributed by atoms with Gasteiger partial charge in [-0.1, -0.05) is 13.8 Å². The number of nitrogens with one attached hydrogen (secondary N) is 1. The van der Waals surface area contributed by atoms with Crippen LogP contribution in [0.2, 0.25) is 0 Å². The molecule has 1 aromatic heterocycles. The van der Waals surface area contributed by atoms with Gasteiger partial charge in [0.05, 0.1) is 23.0 Å². The maximum Gasteiger partial charge on any atom is 0.168 e. The average Bonchev–Trinajstić information content (AvgIpc) is 2.83. The van der Waals surface area contributed by atoms with Gasteiger partial charge in [0.15, 0.2) is 5.78 Å². The highest BCUT2D eigenvalue weighted by Gasteiger charge is 2.32. The van der Waals surface area contributed by atoms with Gasteiger partial charge in [-0.2, -0.15) is 5.10 Å². The molecule has 1 aliphatic carbocycles. The van der Waals surface area contributed by atoms with Gasteiger partial charge in [-0.05, 0) is 23.6 Å². The van der Waals surface area contributed by atoms with E-state index in [0.717, 1.165) is 16.6 Å². The lowest BCUT2D eigenvalue weighted by molar-refractivity contribution is -0.117. The van der Waals surface area contributed by atoms with Gasteiger partial charge in [-0.3, -0.25) is 14.9 Å². The molecule has 21 heavy (non-hydrogen) atoms. The number of benzene rings is 1. The Labute approximate surface area is 122 Å². The maximum atomic E-state index is 12.1. The van der Waals surface area contributed by atoms with Crippen LogP contribution in [0.1, 0.15) is 26.7 Å². The van der Waals surface area contributed by atoms with E-state index in [-0.39, 0.29) is 17.0 Å². The third kappa shape index (κ3) is 2.72. The number of H-pyrrole nitrogens is 1. The number of ketones is 1. The summed E-state index contributed by atoms with van der Waals surface area (Å²) in [7, 11) is 0. The number of rotatable bonds is 2. The molecular weight excluding hydrogens is 266 g/mol. The Morgan fingerprint density at radius 3 is 2.95 bits per heavy atom. The molecule has 2 N–H and O–H groups in total. The Balaban J connectivity index is 1.89. The number of aromatic amines is 1. The van der Waals surface area contributed by atoms with Crippen LogP contribution < -0.4 is 0 Å². The number of nitrogens with zero attached hydrogens (tertiary/aromatic N) is 2. The second kappa shape index (κ2) is 4.84. The molecule has 0 amide bonds. The fourth-order valence-electron chi connectivity index (χ4n) is 2.60. The van der Waals surface area contributed by atoms with Crippen molar-refractivity contribution in [2.24, 2.45) is 10.4 Å². The van der Waals surface area contributed by atoms with E-state index in [1.54, 1.807) is 6.20 Å². The number of aliphatic imine (C=N–C) groups is 1. The first-order valence-corrected chi connectivity index (χ1v) is 6.87. The molecule has 0 atom stereocenters. The normalized spacial score (nSPS) is 18.9. The Kier molecular flexibility index (Phi) is 3.12. The fraction of sp³-hybridized carbons (Fsp3) is 0.312. The van der Waals surface area contributed by atoms with Crippen molar-refractivity contribution in [3.63, 3.8) is 0 Å². The minimum Gasteiger partial charge on any atom is -0.511 e. The summed E-state index contributed by atoms with van der Waals surface area (Å²) < 4.78 is 0. The van der Waals surface area contributed by atoms with Crippen LogP contribution in [-0.2, 0) is 4.79 Å². The fourth-order valence-corrected chi connectivity index (χ4v) is 2.60. The number of aliphatic hydroxyl groups is 1. The molecular formula is C16H17N3O2. The molecule has 5 nitrogen and oxygen atoms in total. The first-order chi connectivity index (χ1) is 9.94. The van der Waals surface area contributed by atoms with E-state index in [1.165, 1.54) is 6.21 Å². The monoisotopic (exact) mass is 283 g/mol. The van der Waals surface area contributed by atoms with Gasteiger partial charge in [-0.15, -0.1) is 0 Å². The number of aliphatic hydroxyl groups excluding tert-OH is 1. The van der Waals surface area contributed by atoms with Crippen LogP contribution in [-0.4, -0.2) is 27.3 Å². The third-order valence-electron chi connectivity index (χ3n) is 3.66. The first kappa shape index (κ1) is 13.5. The molecule has 0 saturated heterocycles. The van der Waals surface area contributed by atoms with E-state index in [9.17, 15) is 9.90 Å². The Morgan fingerprint density at radius 1 is 1.38 bits per heavy atom. The largest absolute Gasteiger partial charge is 0.511 e. The van der Waals surface area contributed by atoms with Crippen molar-refractivity contribution < 1.29 is 9.90 Å². The second-order valence-corrected chi connectivity index (χ2v) is 6.20. The summed E-state index contributed by atoms with van der Waals surface area (Å²) in [6, 6.07) is 5.60. The summed E-state index contributed by atoms with van der Waals surface area (Å²) >= 11 is 0. The van der Waals surface area contributed by atoms with Crippen LogP contribution in [0.4, 0.5) is 5.69 Å². The van der Waals surface area contributed by atoms with E-state index >= 15 is 0 Å². The lowest BCUT2D eigenvalue weighted by Gasteiger charge is -2.28. The van der Waals surface area contributed by atoms with Crippen molar-refractivity contribution in [2.45, 2.75) is 26.7 Å². The van der Waals surface area contributed by atoms with Gasteiger partial charge in [-0.25, -0.2) is 0 Å². The number of fused-ring (bicyclic) bond motifs is 1. The topological polar surface area (TPSA) is 78.3 Å². The highest BCUT2D eigenvalue weighted by molar-refractivity contribution is 6.15. The Bertz CT molecular complexity index is 769. The highest BCUT2D eigenvalue weighted by atomic mass is 16.3. The Morgan fingerprint density at radius 2 is 2.19 bits per heavy atom. The summed E-state index contributed by atoms with van der Waals surface area (Å²) in [5.74, 6) is 0.0706. The number of carbonyl (C=O) groups is 1. The summed E-state index contributed by atoms with van der Waals surface area (Å²) in [5, 5.41) is 17.8. The minimum absolute atomic E-state index is 0.0584. The molecule has 0 fully saturated rings. The van der Waals surface area contributed by atoms with Crippen LogP contribution in [0.15, 0.2) is 40.7 Å². The molecule has 0 unspecified atom stereocenters. The highest BCUT2D eigenvalue weighted by Crippen LogP contribution is 2.35. The van der Waals surface area contributed by atoms with Gasteiger partial charge >= 0.3 is 0 Å². The van der Waals surface area contributed by atoms with Crippen molar-refractivity contribution in [1.82, 2.24) is 10.2 Å². The van der Waals surface area contributed by atoms with E-state index in [0.29, 0.717) is 18.4 Å².